The fourth-order valence-electron chi connectivity index (χ4n) is 2.63. The van der Waals surface area contributed by atoms with Gasteiger partial charge in [-0.2, -0.15) is 0 Å². The highest BCUT2D eigenvalue weighted by Gasteiger charge is 2.16. The van der Waals surface area contributed by atoms with Gasteiger partial charge in [-0.3, -0.25) is 0 Å². The van der Waals surface area contributed by atoms with Crippen LogP contribution in [0.4, 0.5) is 4.39 Å². The Kier molecular flexibility index (Phi) is 5.51. The Morgan fingerprint density at radius 2 is 1.67 bits per heavy atom. The minimum atomic E-state index is -0.134. The van der Waals surface area contributed by atoms with E-state index in [0.29, 0.717) is 0 Å². The maximum absolute atomic E-state index is 13.9. The molecule has 21 heavy (non-hydrogen) atoms. The van der Waals surface area contributed by atoms with Crippen molar-refractivity contribution in [1.29, 1.82) is 0 Å². The Labute approximate surface area is 127 Å². The molecule has 0 aromatic heterocycles. The molecule has 2 unspecified atom stereocenters. The van der Waals surface area contributed by atoms with Gasteiger partial charge in [0, 0.05) is 17.6 Å². The third kappa shape index (κ3) is 3.92. The molecule has 2 heteroatoms. The number of hydrogen-bond donors (Lipinski definition) is 1. The summed E-state index contributed by atoms with van der Waals surface area (Å²) in [4.78, 5) is 0. The van der Waals surface area contributed by atoms with Gasteiger partial charge >= 0.3 is 0 Å². The number of aryl methyl sites for hydroxylation is 1. The summed E-state index contributed by atoms with van der Waals surface area (Å²) in [6.07, 6.45) is 1.91. The zero-order chi connectivity index (χ0) is 15.2. The molecule has 0 saturated heterocycles. The van der Waals surface area contributed by atoms with Gasteiger partial charge < -0.3 is 5.32 Å². The van der Waals surface area contributed by atoms with Crippen LogP contribution in [0.15, 0.2) is 48.5 Å². The Morgan fingerprint density at radius 3 is 2.24 bits per heavy atom. The standard InChI is InChI=1S/C19H24FN/c1-4-15-10-12-16(13-11-15)14(3)21-19(5-2)17-8-6-7-9-18(17)20/h6-14,19,21H,4-5H2,1-3H3. The number of benzene rings is 2. The molecule has 2 atom stereocenters. The molecule has 0 spiro atoms. The van der Waals surface area contributed by atoms with Gasteiger partial charge in [0.05, 0.1) is 0 Å². The van der Waals surface area contributed by atoms with E-state index >= 15 is 0 Å². The first kappa shape index (κ1) is 15.7. The predicted molar refractivity (Wildman–Crippen MR) is 86.8 cm³/mol. The molecular formula is C19H24FN. The van der Waals surface area contributed by atoms with Crippen molar-refractivity contribution in [1.82, 2.24) is 5.32 Å². The number of nitrogens with one attached hydrogen (secondary N) is 1. The van der Waals surface area contributed by atoms with Gasteiger partial charge in [-0.15, -0.1) is 0 Å². The minimum absolute atomic E-state index is 0.0343. The molecule has 112 valence electrons. The van der Waals surface area contributed by atoms with Gasteiger partial charge in [-0.05, 0) is 37.0 Å². The smallest absolute Gasteiger partial charge is 0.127 e. The van der Waals surface area contributed by atoms with E-state index in [1.165, 1.54) is 17.2 Å². The molecule has 0 fully saturated rings. The third-order valence-electron chi connectivity index (χ3n) is 4.03. The fourth-order valence-corrected chi connectivity index (χ4v) is 2.63. The van der Waals surface area contributed by atoms with Crippen molar-refractivity contribution in [3.63, 3.8) is 0 Å². The van der Waals surface area contributed by atoms with E-state index in [9.17, 15) is 4.39 Å². The summed E-state index contributed by atoms with van der Waals surface area (Å²) in [6.45, 7) is 6.36. The first-order valence-electron chi connectivity index (χ1n) is 7.75. The first-order valence-corrected chi connectivity index (χ1v) is 7.75. The fraction of sp³-hybridized carbons (Fsp3) is 0.368. The van der Waals surface area contributed by atoms with Gasteiger partial charge in [0.25, 0.3) is 0 Å². The van der Waals surface area contributed by atoms with Crippen molar-refractivity contribution in [3.05, 3.63) is 71.0 Å². The van der Waals surface area contributed by atoms with Crippen LogP contribution < -0.4 is 5.32 Å². The molecule has 0 aliphatic carbocycles. The van der Waals surface area contributed by atoms with Gasteiger partial charge in [-0.25, -0.2) is 4.39 Å². The Morgan fingerprint density at radius 1 is 1.00 bits per heavy atom. The van der Waals surface area contributed by atoms with E-state index in [-0.39, 0.29) is 17.9 Å². The van der Waals surface area contributed by atoms with E-state index in [1.54, 1.807) is 6.07 Å². The van der Waals surface area contributed by atoms with Crippen molar-refractivity contribution in [2.75, 3.05) is 0 Å². The molecule has 0 aliphatic heterocycles. The number of rotatable bonds is 6. The first-order chi connectivity index (χ1) is 10.2. The molecule has 0 saturated carbocycles. The summed E-state index contributed by atoms with van der Waals surface area (Å²) in [6, 6.07) is 15.9. The van der Waals surface area contributed by atoms with Crippen LogP contribution in [0, 0.1) is 5.82 Å². The lowest BCUT2D eigenvalue weighted by Gasteiger charge is -2.23. The molecule has 0 heterocycles. The largest absolute Gasteiger partial charge is 0.303 e. The van der Waals surface area contributed by atoms with Gasteiger partial charge in [0.2, 0.25) is 0 Å². The van der Waals surface area contributed by atoms with E-state index < -0.39 is 0 Å². The molecule has 1 nitrogen and oxygen atoms in total. The third-order valence-corrected chi connectivity index (χ3v) is 4.03. The summed E-state index contributed by atoms with van der Waals surface area (Å²) in [5.41, 5.74) is 3.33. The average molecular weight is 285 g/mol. The highest BCUT2D eigenvalue weighted by Crippen LogP contribution is 2.24. The number of hydrogen-bond acceptors (Lipinski definition) is 1. The quantitative estimate of drug-likeness (QED) is 0.770. The SMILES string of the molecule is CCc1ccc(C(C)NC(CC)c2ccccc2F)cc1. The van der Waals surface area contributed by atoms with E-state index in [4.69, 9.17) is 0 Å². The lowest BCUT2D eigenvalue weighted by molar-refractivity contribution is 0.439. The van der Waals surface area contributed by atoms with E-state index in [2.05, 4.69) is 50.4 Å². The topological polar surface area (TPSA) is 12.0 Å². The molecule has 0 radical (unpaired) electrons. The van der Waals surface area contributed by atoms with Crippen LogP contribution in [0.3, 0.4) is 0 Å². The lowest BCUT2D eigenvalue weighted by atomic mass is 10.00. The molecule has 0 bridgehead atoms. The molecule has 2 aromatic rings. The van der Waals surface area contributed by atoms with Crippen molar-refractivity contribution >= 4 is 0 Å². The summed E-state index contributed by atoms with van der Waals surface area (Å²) in [7, 11) is 0. The normalized spacial score (nSPS) is 13.9. The summed E-state index contributed by atoms with van der Waals surface area (Å²) in [5, 5.41) is 3.54. The van der Waals surface area contributed by atoms with Crippen LogP contribution >= 0.6 is 0 Å². The second-order valence-corrected chi connectivity index (χ2v) is 5.47. The van der Waals surface area contributed by atoms with Gasteiger partial charge in [0.1, 0.15) is 5.82 Å². The van der Waals surface area contributed by atoms with Gasteiger partial charge in [0.15, 0.2) is 0 Å². The van der Waals surface area contributed by atoms with Crippen molar-refractivity contribution in [2.45, 2.75) is 45.7 Å². The Balaban J connectivity index is 2.12. The van der Waals surface area contributed by atoms with Crippen molar-refractivity contribution < 1.29 is 4.39 Å². The second-order valence-electron chi connectivity index (χ2n) is 5.47. The van der Waals surface area contributed by atoms with Crippen LogP contribution in [0.2, 0.25) is 0 Å². The minimum Gasteiger partial charge on any atom is -0.303 e. The summed E-state index contributed by atoms with van der Waals surface area (Å²) < 4.78 is 13.9. The molecule has 2 rings (SSSR count). The molecule has 1 N–H and O–H groups in total. The second kappa shape index (κ2) is 7.37. The van der Waals surface area contributed by atoms with E-state index in [1.807, 2.05) is 12.1 Å². The van der Waals surface area contributed by atoms with Crippen LogP contribution in [0.1, 0.15) is 56.0 Å². The molecule has 0 aliphatic rings. The lowest BCUT2D eigenvalue weighted by Crippen LogP contribution is -2.25. The van der Waals surface area contributed by atoms with Crippen LogP contribution in [0.5, 0.6) is 0 Å². The molecular weight excluding hydrogens is 261 g/mol. The van der Waals surface area contributed by atoms with Crippen LogP contribution in [-0.4, -0.2) is 0 Å². The highest BCUT2D eigenvalue weighted by atomic mass is 19.1. The zero-order valence-electron chi connectivity index (χ0n) is 13.1. The maximum Gasteiger partial charge on any atom is 0.127 e. The summed E-state index contributed by atoms with van der Waals surface area (Å²) >= 11 is 0. The zero-order valence-corrected chi connectivity index (χ0v) is 13.1. The highest BCUT2D eigenvalue weighted by molar-refractivity contribution is 5.26. The molecule has 2 aromatic carbocycles. The predicted octanol–water partition coefficient (Wildman–Crippen LogP) is 5.19. The number of halogens is 1. The Hall–Kier alpha value is -1.67. The average Bonchev–Trinajstić information content (AvgIpc) is 2.53. The van der Waals surface area contributed by atoms with Gasteiger partial charge in [-0.1, -0.05) is 56.3 Å². The monoisotopic (exact) mass is 285 g/mol. The van der Waals surface area contributed by atoms with Crippen LogP contribution in [0.25, 0.3) is 0 Å². The summed E-state index contributed by atoms with van der Waals surface area (Å²) in [5.74, 6) is -0.134. The van der Waals surface area contributed by atoms with Crippen molar-refractivity contribution in [2.24, 2.45) is 0 Å². The Bertz CT molecular complexity index is 562. The maximum atomic E-state index is 13.9. The van der Waals surface area contributed by atoms with E-state index in [0.717, 1.165) is 18.4 Å². The van der Waals surface area contributed by atoms with Crippen LogP contribution in [-0.2, 0) is 6.42 Å². The van der Waals surface area contributed by atoms with Crippen molar-refractivity contribution in [3.8, 4) is 0 Å². The molecule has 0 amide bonds.